The van der Waals surface area contributed by atoms with Gasteiger partial charge in [-0.05, 0) is 36.4 Å². The summed E-state index contributed by atoms with van der Waals surface area (Å²) in [6.45, 7) is 0. The summed E-state index contributed by atoms with van der Waals surface area (Å²) in [5, 5.41) is 2.60. The van der Waals surface area contributed by atoms with E-state index >= 15 is 0 Å². The van der Waals surface area contributed by atoms with E-state index in [0.717, 1.165) is 11.5 Å². The second-order valence-electron chi connectivity index (χ2n) is 5.41. The maximum absolute atomic E-state index is 5.40. The van der Waals surface area contributed by atoms with Crippen molar-refractivity contribution in [1.82, 2.24) is 0 Å². The number of hydrogen-bond donors (Lipinski definition) is 0. The second kappa shape index (κ2) is 5.59. The van der Waals surface area contributed by atoms with E-state index in [1.807, 2.05) is 56.4 Å². The first-order valence-electron chi connectivity index (χ1n) is 7.34. The lowest BCUT2D eigenvalue weighted by atomic mass is 10.2. The van der Waals surface area contributed by atoms with Crippen molar-refractivity contribution >= 4 is 64.4 Å². The summed E-state index contributed by atoms with van der Waals surface area (Å²) < 4.78 is 13.4. The summed E-state index contributed by atoms with van der Waals surface area (Å²) in [5.74, 6) is 1.83. The summed E-state index contributed by atoms with van der Waals surface area (Å²) in [7, 11) is 7.16. The van der Waals surface area contributed by atoms with Crippen molar-refractivity contribution in [3.05, 3.63) is 36.4 Å². The maximum Gasteiger partial charge on any atom is 0.119 e. The molecule has 0 amide bonds. The molecule has 2 aromatic heterocycles. The van der Waals surface area contributed by atoms with Crippen molar-refractivity contribution in [2.24, 2.45) is 0 Å². The predicted octanol–water partition coefficient (Wildman–Crippen LogP) is 6.91. The zero-order valence-electron chi connectivity index (χ0n) is 12.9. The molecule has 0 bridgehead atoms. The van der Waals surface area contributed by atoms with Crippen LogP contribution in [0.1, 0.15) is 0 Å². The molecule has 0 radical (unpaired) electrons. The van der Waals surface area contributed by atoms with Gasteiger partial charge in [-0.25, -0.2) is 0 Å². The third kappa shape index (κ3) is 2.10. The zero-order chi connectivity index (χ0) is 16.3. The summed E-state index contributed by atoms with van der Waals surface area (Å²) in [5.41, 5.74) is 0. The third-order valence-corrected chi connectivity index (χ3v) is 9.39. The minimum absolute atomic E-state index is 0.917. The van der Waals surface area contributed by atoms with Gasteiger partial charge in [-0.15, -0.1) is 22.7 Å². The van der Waals surface area contributed by atoms with Gasteiger partial charge in [0.05, 0.1) is 24.0 Å². The summed E-state index contributed by atoms with van der Waals surface area (Å²) in [4.78, 5) is 5.50. The smallest absolute Gasteiger partial charge is 0.119 e. The van der Waals surface area contributed by atoms with Crippen LogP contribution in [0.3, 0.4) is 0 Å². The predicted molar refractivity (Wildman–Crippen MR) is 107 cm³/mol. The van der Waals surface area contributed by atoms with E-state index < -0.39 is 0 Å². The van der Waals surface area contributed by atoms with Crippen LogP contribution in [-0.2, 0) is 0 Å². The first kappa shape index (κ1) is 15.0. The molecule has 6 heteroatoms. The van der Waals surface area contributed by atoms with E-state index in [2.05, 4.69) is 24.3 Å². The maximum atomic E-state index is 5.40. The molecule has 24 heavy (non-hydrogen) atoms. The Morgan fingerprint density at radius 3 is 1.54 bits per heavy atom. The molecule has 3 heterocycles. The Balaban J connectivity index is 1.78. The topological polar surface area (TPSA) is 18.5 Å². The van der Waals surface area contributed by atoms with E-state index in [1.165, 1.54) is 39.7 Å². The van der Waals surface area contributed by atoms with Gasteiger partial charge >= 0.3 is 0 Å². The van der Waals surface area contributed by atoms with Crippen molar-refractivity contribution in [1.29, 1.82) is 0 Å². The van der Waals surface area contributed by atoms with Gasteiger partial charge in [-0.3, -0.25) is 0 Å². The summed E-state index contributed by atoms with van der Waals surface area (Å²) in [6.07, 6.45) is 0. The first-order chi connectivity index (χ1) is 11.8. The first-order valence-corrected chi connectivity index (χ1v) is 11.1. The van der Waals surface area contributed by atoms with E-state index in [-0.39, 0.29) is 0 Å². The molecule has 4 aromatic rings. The molecule has 0 saturated carbocycles. The molecule has 0 N–H and O–H groups in total. The lowest BCUT2D eigenvalue weighted by molar-refractivity contribution is 0.415. The Bertz CT molecular complexity index is 1010. The minimum atomic E-state index is 0.917. The van der Waals surface area contributed by atoms with Crippen LogP contribution in [0, 0.1) is 0 Å². The Morgan fingerprint density at radius 2 is 1.12 bits per heavy atom. The SMILES string of the molecule is COc1ccc2sc3c(c2c1)SSc1c-3sc2ccc(OC)cc12. The van der Waals surface area contributed by atoms with Gasteiger partial charge in [0.1, 0.15) is 11.5 Å². The Labute approximate surface area is 155 Å². The highest BCUT2D eigenvalue weighted by Gasteiger charge is 2.26. The lowest BCUT2D eigenvalue weighted by Gasteiger charge is -2.11. The number of ether oxygens (including phenoxy) is 2. The van der Waals surface area contributed by atoms with Crippen LogP contribution in [0.5, 0.6) is 11.5 Å². The van der Waals surface area contributed by atoms with Crippen LogP contribution in [-0.4, -0.2) is 14.2 Å². The van der Waals surface area contributed by atoms with Gasteiger partial charge in [-0.2, -0.15) is 0 Å². The monoisotopic (exact) mass is 388 g/mol. The fourth-order valence-electron chi connectivity index (χ4n) is 2.91. The molecule has 0 fully saturated rings. The molecule has 0 aliphatic carbocycles. The van der Waals surface area contributed by atoms with Crippen molar-refractivity contribution < 1.29 is 9.47 Å². The number of fused-ring (bicyclic) bond motifs is 7. The average Bonchev–Trinajstić information content (AvgIpc) is 3.18. The normalized spacial score (nSPS) is 13.1. The van der Waals surface area contributed by atoms with Crippen molar-refractivity contribution in [2.45, 2.75) is 9.79 Å². The average molecular weight is 389 g/mol. The second-order valence-corrected chi connectivity index (χ2v) is 9.67. The van der Waals surface area contributed by atoms with Crippen LogP contribution in [0.25, 0.3) is 29.9 Å². The lowest BCUT2D eigenvalue weighted by Crippen LogP contribution is -1.83. The number of methoxy groups -OCH3 is 2. The fraction of sp³-hybridized carbons (Fsp3) is 0.111. The largest absolute Gasteiger partial charge is 0.497 e. The fourth-order valence-corrected chi connectivity index (χ4v) is 8.86. The van der Waals surface area contributed by atoms with E-state index in [0.29, 0.717) is 0 Å². The Hall–Kier alpha value is -1.34. The highest BCUT2D eigenvalue weighted by Crippen LogP contribution is 2.61. The number of hydrogen-bond acceptors (Lipinski definition) is 6. The standard InChI is InChI=1S/C18H12O2S4/c1-19-9-3-5-13-11(7-9)15-17(21-13)18-16(24-23-15)12-8-10(20-2)4-6-14(12)22-18/h3-8H,1-2H3. The molecule has 120 valence electrons. The van der Waals surface area contributed by atoms with Crippen LogP contribution in [0.15, 0.2) is 46.2 Å². The van der Waals surface area contributed by atoms with Gasteiger partial charge in [0.2, 0.25) is 0 Å². The molecule has 0 atom stereocenters. The number of benzene rings is 2. The summed E-state index contributed by atoms with van der Waals surface area (Å²) in [6, 6.07) is 12.7. The van der Waals surface area contributed by atoms with Crippen molar-refractivity contribution in [3.8, 4) is 21.3 Å². The van der Waals surface area contributed by atoms with Gasteiger partial charge < -0.3 is 9.47 Å². The molecule has 1 aliphatic rings. The molecule has 0 saturated heterocycles. The van der Waals surface area contributed by atoms with Gasteiger partial charge in [0, 0.05) is 30.0 Å². The molecule has 1 aliphatic heterocycles. The summed E-state index contributed by atoms with van der Waals surface area (Å²) >= 11 is 3.75. The van der Waals surface area contributed by atoms with Crippen LogP contribution >= 0.6 is 44.3 Å². The van der Waals surface area contributed by atoms with Crippen LogP contribution in [0.2, 0.25) is 0 Å². The molecule has 2 nitrogen and oxygen atoms in total. The molecule has 2 aromatic carbocycles. The Morgan fingerprint density at radius 1 is 0.667 bits per heavy atom. The quantitative estimate of drug-likeness (QED) is 0.347. The minimum Gasteiger partial charge on any atom is -0.497 e. The van der Waals surface area contributed by atoms with Crippen molar-refractivity contribution in [3.63, 3.8) is 0 Å². The Kier molecular flexibility index (Phi) is 3.49. The van der Waals surface area contributed by atoms with E-state index in [4.69, 9.17) is 9.47 Å². The highest BCUT2D eigenvalue weighted by atomic mass is 33.1. The molecule has 0 spiro atoms. The van der Waals surface area contributed by atoms with Crippen LogP contribution < -0.4 is 9.47 Å². The van der Waals surface area contributed by atoms with Gasteiger partial charge in [0.25, 0.3) is 0 Å². The number of rotatable bonds is 2. The van der Waals surface area contributed by atoms with Gasteiger partial charge in [-0.1, -0.05) is 21.6 Å². The number of thiophene rings is 2. The van der Waals surface area contributed by atoms with E-state index in [1.54, 1.807) is 14.2 Å². The molecular weight excluding hydrogens is 376 g/mol. The molecule has 0 unspecified atom stereocenters. The van der Waals surface area contributed by atoms with E-state index in [9.17, 15) is 0 Å². The molecule has 5 rings (SSSR count). The van der Waals surface area contributed by atoms with Crippen LogP contribution in [0.4, 0.5) is 0 Å². The zero-order valence-corrected chi connectivity index (χ0v) is 16.2. The third-order valence-electron chi connectivity index (χ3n) is 4.11. The molecular formula is C18H12O2S4. The highest BCUT2D eigenvalue weighted by molar-refractivity contribution is 8.77. The van der Waals surface area contributed by atoms with Crippen molar-refractivity contribution in [2.75, 3.05) is 14.2 Å². The van der Waals surface area contributed by atoms with Gasteiger partial charge in [0.15, 0.2) is 0 Å².